The van der Waals surface area contributed by atoms with Crippen LogP contribution in [-0.2, 0) is 0 Å². The summed E-state index contributed by atoms with van der Waals surface area (Å²) in [4.78, 5) is 12.2. The maximum absolute atomic E-state index is 12.3. The van der Waals surface area contributed by atoms with Crippen molar-refractivity contribution in [3.05, 3.63) is 27.4 Å². The fraction of sp³-hybridized carbons (Fsp3) is 0.375. The van der Waals surface area contributed by atoms with Crippen molar-refractivity contribution in [2.75, 3.05) is 0 Å². The van der Waals surface area contributed by atoms with Crippen molar-refractivity contribution in [1.82, 2.24) is 4.98 Å². The molecule has 1 aromatic heterocycles. The highest BCUT2D eigenvalue weighted by molar-refractivity contribution is 5.49. The molecule has 0 amide bonds. The van der Waals surface area contributed by atoms with Crippen LogP contribution in [0.2, 0.25) is 0 Å². The van der Waals surface area contributed by atoms with Crippen LogP contribution >= 0.6 is 0 Å². The van der Waals surface area contributed by atoms with Gasteiger partial charge in [0.15, 0.2) is 0 Å². The molecule has 0 aliphatic heterocycles. The van der Waals surface area contributed by atoms with Gasteiger partial charge in [0, 0.05) is 5.56 Å². The standard InChI is InChI=1S/C8H5F5N2O3/c1-3-2-4(6(9)10)14-7(5(3)15(16)17)18-8(11,12)13/h2,6H,1H3. The molecule has 1 rings (SSSR count). The number of halogens is 5. The monoisotopic (exact) mass is 272 g/mol. The predicted octanol–water partition coefficient (Wildman–Crippen LogP) is 3.13. The van der Waals surface area contributed by atoms with Crippen LogP contribution in [0.25, 0.3) is 0 Å². The summed E-state index contributed by atoms with van der Waals surface area (Å²) in [5.41, 5.74) is -2.53. The van der Waals surface area contributed by atoms with E-state index in [1.165, 1.54) is 0 Å². The fourth-order valence-electron chi connectivity index (χ4n) is 1.18. The number of nitro groups is 1. The Morgan fingerprint density at radius 1 is 1.44 bits per heavy atom. The Hall–Kier alpha value is -2.00. The molecule has 0 aliphatic carbocycles. The Morgan fingerprint density at radius 3 is 2.39 bits per heavy atom. The molecule has 0 aliphatic rings. The number of alkyl halides is 5. The summed E-state index contributed by atoms with van der Waals surface area (Å²) < 4.78 is 63.9. The van der Waals surface area contributed by atoms with Gasteiger partial charge in [0.1, 0.15) is 5.69 Å². The summed E-state index contributed by atoms with van der Waals surface area (Å²) in [6.07, 6.45) is -8.43. The zero-order valence-electron chi connectivity index (χ0n) is 8.66. The molecule has 0 aromatic carbocycles. The van der Waals surface area contributed by atoms with Crippen LogP contribution < -0.4 is 4.74 Å². The van der Waals surface area contributed by atoms with Crippen LogP contribution in [0.5, 0.6) is 5.88 Å². The number of aromatic nitrogens is 1. The summed E-state index contributed by atoms with van der Waals surface area (Å²) in [5, 5.41) is 10.5. The van der Waals surface area contributed by atoms with E-state index in [1.54, 1.807) is 0 Å². The quantitative estimate of drug-likeness (QED) is 0.481. The van der Waals surface area contributed by atoms with Crippen LogP contribution in [0.15, 0.2) is 6.07 Å². The van der Waals surface area contributed by atoms with Crippen molar-refractivity contribution >= 4 is 5.69 Å². The van der Waals surface area contributed by atoms with Crippen molar-refractivity contribution in [3.8, 4) is 5.88 Å². The molecule has 1 heterocycles. The molecule has 0 bridgehead atoms. The topological polar surface area (TPSA) is 65.3 Å². The largest absolute Gasteiger partial charge is 0.574 e. The molecule has 0 atom stereocenters. The number of rotatable bonds is 3. The van der Waals surface area contributed by atoms with Gasteiger partial charge in [-0.15, -0.1) is 13.2 Å². The smallest absolute Gasteiger partial charge is 0.381 e. The third kappa shape index (κ3) is 3.25. The second-order valence-electron chi connectivity index (χ2n) is 3.12. The van der Waals surface area contributed by atoms with Gasteiger partial charge < -0.3 is 4.74 Å². The van der Waals surface area contributed by atoms with Gasteiger partial charge in [0.25, 0.3) is 6.43 Å². The average Bonchev–Trinajstić information content (AvgIpc) is 2.12. The summed E-state index contributed by atoms with van der Waals surface area (Å²) in [5.74, 6) is -1.50. The van der Waals surface area contributed by atoms with Gasteiger partial charge in [-0.3, -0.25) is 10.1 Å². The molecule has 1 aromatic rings. The van der Waals surface area contributed by atoms with Crippen molar-refractivity contribution in [2.24, 2.45) is 0 Å². The van der Waals surface area contributed by atoms with Gasteiger partial charge in [-0.25, -0.2) is 13.8 Å². The van der Waals surface area contributed by atoms with Crippen LogP contribution in [0, 0.1) is 17.0 Å². The molecule has 0 unspecified atom stereocenters. The highest BCUT2D eigenvalue weighted by Gasteiger charge is 2.37. The van der Waals surface area contributed by atoms with Crippen molar-refractivity contribution < 1.29 is 31.6 Å². The summed E-state index contributed by atoms with van der Waals surface area (Å²) in [6.45, 7) is 1.01. The van der Waals surface area contributed by atoms with E-state index < -0.39 is 40.5 Å². The molecule has 0 saturated heterocycles. The number of nitrogens with zero attached hydrogens (tertiary/aromatic N) is 2. The Kier molecular flexibility index (Phi) is 3.67. The maximum atomic E-state index is 12.3. The second-order valence-corrected chi connectivity index (χ2v) is 3.12. The van der Waals surface area contributed by atoms with Crippen LogP contribution in [0.3, 0.4) is 0 Å². The van der Waals surface area contributed by atoms with E-state index in [4.69, 9.17) is 0 Å². The number of pyridine rings is 1. The minimum atomic E-state index is -5.26. The minimum absolute atomic E-state index is 0.399. The third-order valence-electron chi connectivity index (χ3n) is 1.79. The zero-order chi connectivity index (χ0) is 14.1. The van der Waals surface area contributed by atoms with Gasteiger partial charge in [0.05, 0.1) is 4.92 Å². The van der Waals surface area contributed by atoms with E-state index in [1.807, 2.05) is 0 Å². The average molecular weight is 272 g/mol. The fourth-order valence-corrected chi connectivity index (χ4v) is 1.18. The first-order valence-corrected chi connectivity index (χ1v) is 4.31. The van der Waals surface area contributed by atoms with Gasteiger partial charge in [0.2, 0.25) is 0 Å². The zero-order valence-corrected chi connectivity index (χ0v) is 8.66. The molecule has 18 heavy (non-hydrogen) atoms. The summed E-state index contributed by atoms with van der Waals surface area (Å²) in [6, 6.07) is 0.631. The molecule has 0 spiro atoms. The molecular formula is C8H5F5N2O3. The Labute approximate surface area is 96.3 Å². The molecule has 0 N–H and O–H groups in total. The Morgan fingerprint density at radius 2 is 2.00 bits per heavy atom. The van der Waals surface area contributed by atoms with Gasteiger partial charge >= 0.3 is 17.9 Å². The molecular weight excluding hydrogens is 267 g/mol. The molecule has 5 nitrogen and oxygen atoms in total. The lowest BCUT2D eigenvalue weighted by Gasteiger charge is -2.10. The number of hydrogen-bond acceptors (Lipinski definition) is 4. The Bertz CT molecular complexity index is 475. The van der Waals surface area contributed by atoms with Crippen molar-refractivity contribution in [3.63, 3.8) is 0 Å². The lowest BCUT2D eigenvalue weighted by Crippen LogP contribution is -2.19. The first-order valence-electron chi connectivity index (χ1n) is 4.31. The lowest BCUT2D eigenvalue weighted by atomic mass is 10.2. The van der Waals surface area contributed by atoms with E-state index >= 15 is 0 Å². The number of hydrogen-bond donors (Lipinski definition) is 0. The normalized spacial score (nSPS) is 11.7. The summed E-state index contributed by atoms with van der Waals surface area (Å²) >= 11 is 0. The van der Waals surface area contributed by atoms with Gasteiger partial charge in [-0.05, 0) is 13.0 Å². The summed E-state index contributed by atoms with van der Waals surface area (Å²) in [7, 11) is 0. The van der Waals surface area contributed by atoms with E-state index in [0.717, 1.165) is 6.92 Å². The second kappa shape index (κ2) is 4.70. The number of aryl methyl sites for hydroxylation is 1. The van der Waals surface area contributed by atoms with Crippen LogP contribution in [0.1, 0.15) is 17.7 Å². The van der Waals surface area contributed by atoms with Gasteiger partial charge in [-0.1, -0.05) is 0 Å². The third-order valence-corrected chi connectivity index (χ3v) is 1.79. The van der Waals surface area contributed by atoms with Crippen molar-refractivity contribution in [2.45, 2.75) is 19.7 Å². The van der Waals surface area contributed by atoms with E-state index in [2.05, 4.69) is 9.72 Å². The van der Waals surface area contributed by atoms with E-state index in [-0.39, 0.29) is 0 Å². The first-order chi connectivity index (χ1) is 8.11. The van der Waals surface area contributed by atoms with Crippen LogP contribution in [0.4, 0.5) is 27.6 Å². The van der Waals surface area contributed by atoms with Crippen LogP contribution in [-0.4, -0.2) is 16.3 Å². The first kappa shape index (κ1) is 14.1. The highest BCUT2D eigenvalue weighted by atomic mass is 19.4. The van der Waals surface area contributed by atoms with E-state index in [9.17, 15) is 32.1 Å². The minimum Gasteiger partial charge on any atom is -0.381 e. The maximum Gasteiger partial charge on any atom is 0.574 e. The Balaban J connectivity index is 3.38. The molecule has 10 heteroatoms. The predicted molar refractivity (Wildman–Crippen MR) is 47.3 cm³/mol. The molecule has 100 valence electrons. The molecule has 0 saturated carbocycles. The van der Waals surface area contributed by atoms with E-state index in [0.29, 0.717) is 6.07 Å². The lowest BCUT2D eigenvalue weighted by molar-refractivity contribution is -0.389. The van der Waals surface area contributed by atoms with Crippen molar-refractivity contribution in [1.29, 1.82) is 0 Å². The molecule has 0 radical (unpaired) electrons. The molecule has 0 fully saturated rings. The number of ether oxygens (including phenoxy) is 1. The van der Waals surface area contributed by atoms with Gasteiger partial charge in [-0.2, -0.15) is 0 Å². The highest BCUT2D eigenvalue weighted by Crippen LogP contribution is 2.35. The SMILES string of the molecule is Cc1cc(C(F)F)nc(OC(F)(F)F)c1[N+](=O)[O-].